The maximum absolute atomic E-state index is 7.08. The number of thiazole rings is 1. The molecule has 0 spiro atoms. The normalized spacial score (nSPS) is 10.6. The number of nitrogens with zero attached hydrogens (tertiary/aromatic N) is 2. The van der Waals surface area contributed by atoms with Gasteiger partial charge in [0.2, 0.25) is 0 Å². The van der Waals surface area contributed by atoms with E-state index in [1.807, 2.05) is 12.4 Å². The molecule has 0 fully saturated rings. The van der Waals surface area contributed by atoms with E-state index in [-0.39, 0.29) is 5.84 Å². The Bertz CT molecular complexity index is 257. The fourth-order valence-electron chi connectivity index (χ4n) is 0.952. The Balaban J connectivity index is 2.25. The highest BCUT2D eigenvalue weighted by Gasteiger charge is 2.02. The van der Waals surface area contributed by atoms with Crippen LogP contribution in [0.25, 0.3) is 0 Å². The Kier molecular flexibility index (Phi) is 3.85. The summed E-state index contributed by atoms with van der Waals surface area (Å²) < 4.78 is 0. The molecule has 0 saturated heterocycles. The van der Waals surface area contributed by atoms with Gasteiger partial charge < -0.3 is 5.73 Å². The second-order valence-corrected chi connectivity index (χ2v) is 3.92. The summed E-state index contributed by atoms with van der Waals surface area (Å²) in [6.07, 6.45) is 2.43. The smallest absolute Gasteiger partial charge is 0.107 e. The molecule has 0 saturated carbocycles. The van der Waals surface area contributed by atoms with Crippen LogP contribution in [0.4, 0.5) is 0 Å². The summed E-state index contributed by atoms with van der Waals surface area (Å²) >= 11 is 1.65. The topological polar surface area (TPSA) is 66.0 Å². The van der Waals surface area contributed by atoms with Gasteiger partial charge in [0.25, 0.3) is 0 Å². The van der Waals surface area contributed by atoms with E-state index in [1.54, 1.807) is 17.5 Å². The summed E-state index contributed by atoms with van der Waals surface area (Å²) in [5.41, 5.74) is 5.26. The Morgan fingerprint density at radius 2 is 2.54 bits per heavy atom. The van der Waals surface area contributed by atoms with Crippen LogP contribution in [0.1, 0.15) is 11.4 Å². The molecule has 1 aromatic heterocycles. The van der Waals surface area contributed by atoms with Crippen LogP contribution in [-0.4, -0.2) is 29.3 Å². The predicted octanol–water partition coefficient (Wildman–Crippen LogP) is 0.901. The van der Waals surface area contributed by atoms with E-state index in [4.69, 9.17) is 11.1 Å². The zero-order chi connectivity index (χ0) is 9.68. The van der Waals surface area contributed by atoms with E-state index < -0.39 is 0 Å². The van der Waals surface area contributed by atoms with Gasteiger partial charge in [-0.05, 0) is 7.05 Å². The van der Waals surface area contributed by atoms with Crippen LogP contribution in [-0.2, 0) is 6.54 Å². The summed E-state index contributed by atoms with van der Waals surface area (Å²) in [6, 6.07) is 0. The molecule has 0 amide bonds. The number of amidine groups is 1. The highest BCUT2D eigenvalue weighted by atomic mass is 32.1. The molecule has 72 valence electrons. The van der Waals surface area contributed by atoms with Gasteiger partial charge >= 0.3 is 0 Å². The number of nitrogens with two attached hydrogens (primary N) is 1. The summed E-state index contributed by atoms with van der Waals surface area (Å²) in [5, 5.41) is 10.1. The number of nitrogens with one attached hydrogen (secondary N) is 1. The zero-order valence-corrected chi connectivity index (χ0v) is 8.47. The van der Waals surface area contributed by atoms with Crippen LogP contribution in [0, 0.1) is 5.41 Å². The minimum atomic E-state index is 0.242. The Morgan fingerprint density at radius 1 is 1.77 bits per heavy atom. The molecular weight excluding hydrogens is 184 g/mol. The monoisotopic (exact) mass is 198 g/mol. The maximum atomic E-state index is 7.08. The molecule has 0 aliphatic carbocycles. The summed E-state index contributed by atoms with van der Waals surface area (Å²) in [4.78, 5) is 6.29. The van der Waals surface area contributed by atoms with E-state index >= 15 is 0 Å². The standard InChI is InChI=1S/C8H14N4S/c1-12(4-2-7(9)10)6-8-11-3-5-13-8/h3,5H,2,4,6H2,1H3,(H3,9,10). The van der Waals surface area contributed by atoms with E-state index in [0.717, 1.165) is 18.1 Å². The van der Waals surface area contributed by atoms with Crippen LogP contribution in [0.5, 0.6) is 0 Å². The molecule has 0 unspecified atom stereocenters. The van der Waals surface area contributed by atoms with Gasteiger partial charge in [-0.25, -0.2) is 4.98 Å². The van der Waals surface area contributed by atoms with Crippen molar-refractivity contribution in [2.75, 3.05) is 13.6 Å². The first kappa shape index (κ1) is 10.1. The van der Waals surface area contributed by atoms with Crippen molar-refractivity contribution in [2.45, 2.75) is 13.0 Å². The van der Waals surface area contributed by atoms with E-state index in [0.29, 0.717) is 6.42 Å². The van der Waals surface area contributed by atoms with Gasteiger partial charge in [-0.15, -0.1) is 11.3 Å². The van der Waals surface area contributed by atoms with Gasteiger partial charge in [0.05, 0.1) is 12.4 Å². The van der Waals surface area contributed by atoms with Gasteiger partial charge in [0.1, 0.15) is 5.01 Å². The molecule has 3 N–H and O–H groups in total. The highest BCUT2D eigenvalue weighted by molar-refractivity contribution is 7.09. The van der Waals surface area contributed by atoms with Crippen LogP contribution < -0.4 is 5.73 Å². The fourth-order valence-corrected chi connectivity index (χ4v) is 1.65. The molecular formula is C8H14N4S. The van der Waals surface area contributed by atoms with Crippen LogP contribution >= 0.6 is 11.3 Å². The van der Waals surface area contributed by atoms with Crippen molar-refractivity contribution in [1.82, 2.24) is 9.88 Å². The maximum Gasteiger partial charge on any atom is 0.107 e. The molecule has 0 radical (unpaired) electrons. The number of rotatable bonds is 5. The van der Waals surface area contributed by atoms with Gasteiger partial charge in [-0.2, -0.15) is 0 Å². The molecule has 0 bridgehead atoms. The van der Waals surface area contributed by atoms with E-state index in [2.05, 4.69) is 9.88 Å². The summed E-state index contributed by atoms with van der Waals surface area (Å²) in [5.74, 6) is 0.242. The zero-order valence-electron chi connectivity index (χ0n) is 7.66. The number of hydrogen-bond acceptors (Lipinski definition) is 4. The highest BCUT2D eigenvalue weighted by Crippen LogP contribution is 2.06. The van der Waals surface area contributed by atoms with E-state index in [9.17, 15) is 0 Å². The van der Waals surface area contributed by atoms with Gasteiger partial charge in [0, 0.05) is 24.5 Å². The Morgan fingerprint density at radius 3 is 3.08 bits per heavy atom. The first-order valence-electron chi connectivity index (χ1n) is 4.08. The first-order valence-corrected chi connectivity index (χ1v) is 4.96. The Labute approximate surface area is 81.9 Å². The van der Waals surface area contributed by atoms with Gasteiger partial charge in [0.15, 0.2) is 0 Å². The molecule has 0 aliphatic heterocycles. The minimum absolute atomic E-state index is 0.242. The lowest BCUT2D eigenvalue weighted by atomic mass is 10.4. The molecule has 5 heteroatoms. The molecule has 0 atom stereocenters. The number of aromatic nitrogens is 1. The van der Waals surface area contributed by atoms with Crippen LogP contribution in [0.15, 0.2) is 11.6 Å². The second kappa shape index (κ2) is 4.94. The lowest BCUT2D eigenvalue weighted by molar-refractivity contribution is 0.336. The van der Waals surface area contributed by atoms with Crippen molar-refractivity contribution in [2.24, 2.45) is 5.73 Å². The SMILES string of the molecule is CN(CCC(=N)N)Cc1nccs1. The number of hydrogen-bond donors (Lipinski definition) is 2. The minimum Gasteiger partial charge on any atom is -0.388 e. The van der Waals surface area contributed by atoms with Crippen molar-refractivity contribution in [3.8, 4) is 0 Å². The predicted molar refractivity (Wildman–Crippen MR) is 55.0 cm³/mol. The average molecular weight is 198 g/mol. The van der Waals surface area contributed by atoms with E-state index in [1.165, 1.54) is 0 Å². The van der Waals surface area contributed by atoms with Gasteiger partial charge in [-0.3, -0.25) is 10.3 Å². The fraction of sp³-hybridized carbons (Fsp3) is 0.500. The molecule has 13 heavy (non-hydrogen) atoms. The molecule has 0 aliphatic rings. The second-order valence-electron chi connectivity index (χ2n) is 2.94. The molecule has 0 aromatic carbocycles. The van der Waals surface area contributed by atoms with Crippen LogP contribution in [0.2, 0.25) is 0 Å². The van der Waals surface area contributed by atoms with Crippen molar-refractivity contribution in [1.29, 1.82) is 5.41 Å². The average Bonchev–Trinajstić information content (AvgIpc) is 2.53. The van der Waals surface area contributed by atoms with Crippen molar-refractivity contribution in [3.63, 3.8) is 0 Å². The third-order valence-electron chi connectivity index (χ3n) is 1.65. The summed E-state index contributed by atoms with van der Waals surface area (Å²) in [7, 11) is 2.00. The molecule has 1 heterocycles. The molecule has 4 nitrogen and oxygen atoms in total. The largest absolute Gasteiger partial charge is 0.388 e. The van der Waals surface area contributed by atoms with Crippen molar-refractivity contribution >= 4 is 17.2 Å². The lowest BCUT2D eigenvalue weighted by Crippen LogP contribution is -2.23. The summed E-state index contributed by atoms with van der Waals surface area (Å²) in [6.45, 7) is 1.65. The quantitative estimate of drug-likeness (QED) is 0.545. The van der Waals surface area contributed by atoms with Crippen molar-refractivity contribution in [3.05, 3.63) is 16.6 Å². The van der Waals surface area contributed by atoms with Crippen LogP contribution in [0.3, 0.4) is 0 Å². The Hall–Kier alpha value is -0.940. The molecule has 1 rings (SSSR count). The third kappa shape index (κ3) is 4.00. The third-order valence-corrected chi connectivity index (χ3v) is 2.42. The first-order chi connectivity index (χ1) is 6.18. The molecule has 1 aromatic rings. The van der Waals surface area contributed by atoms with Gasteiger partial charge in [-0.1, -0.05) is 0 Å². The van der Waals surface area contributed by atoms with Crippen molar-refractivity contribution < 1.29 is 0 Å². The lowest BCUT2D eigenvalue weighted by Gasteiger charge is -2.13.